The molecule has 0 aromatic carbocycles. The minimum Gasteiger partial charge on any atom is -0.387 e. The SMILES string of the molecule is COCC1(O)CCN(C(=O)[C@H](C)NC(=O)CC2CCCCC2)CC1. The summed E-state index contributed by atoms with van der Waals surface area (Å²) < 4.78 is 5.04. The fourth-order valence-electron chi connectivity index (χ4n) is 3.85. The maximum atomic E-state index is 12.5. The van der Waals surface area contributed by atoms with E-state index in [-0.39, 0.29) is 11.8 Å². The molecule has 1 saturated heterocycles. The maximum Gasteiger partial charge on any atom is 0.244 e. The lowest BCUT2D eigenvalue weighted by molar-refractivity contribution is -0.141. The number of ether oxygens (including phenoxy) is 1. The molecule has 138 valence electrons. The molecule has 2 aliphatic rings. The second-order valence-electron chi connectivity index (χ2n) is 7.48. The number of likely N-dealkylation sites (tertiary alicyclic amines) is 1. The molecular formula is C18H32N2O4. The zero-order chi connectivity index (χ0) is 17.6. The summed E-state index contributed by atoms with van der Waals surface area (Å²) in [6.07, 6.45) is 7.50. The first-order valence-electron chi connectivity index (χ1n) is 9.23. The molecule has 2 fully saturated rings. The van der Waals surface area contributed by atoms with Gasteiger partial charge in [0.05, 0.1) is 12.2 Å². The fourth-order valence-corrected chi connectivity index (χ4v) is 3.85. The van der Waals surface area contributed by atoms with E-state index in [2.05, 4.69) is 5.32 Å². The normalized spacial score (nSPS) is 22.9. The number of methoxy groups -OCH3 is 1. The van der Waals surface area contributed by atoms with E-state index in [0.717, 1.165) is 12.8 Å². The van der Waals surface area contributed by atoms with Crippen molar-refractivity contribution in [1.29, 1.82) is 0 Å². The number of nitrogens with zero attached hydrogens (tertiary/aromatic N) is 1. The van der Waals surface area contributed by atoms with Gasteiger partial charge in [-0.2, -0.15) is 0 Å². The van der Waals surface area contributed by atoms with Crippen LogP contribution in [0.3, 0.4) is 0 Å². The van der Waals surface area contributed by atoms with Gasteiger partial charge in [0.25, 0.3) is 0 Å². The van der Waals surface area contributed by atoms with E-state index in [0.29, 0.717) is 44.9 Å². The Morgan fingerprint density at radius 2 is 1.88 bits per heavy atom. The van der Waals surface area contributed by atoms with Crippen molar-refractivity contribution >= 4 is 11.8 Å². The average molecular weight is 340 g/mol. The first kappa shape index (κ1) is 19.2. The van der Waals surface area contributed by atoms with Crippen LogP contribution in [0.5, 0.6) is 0 Å². The molecule has 1 atom stereocenters. The van der Waals surface area contributed by atoms with Gasteiger partial charge in [-0.3, -0.25) is 9.59 Å². The summed E-state index contributed by atoms with van der Waals surface area (Å²) in [5.74, 6) is 0.391. The second-order valence-corrected chi connectivity index (χ2v) is 7.48. The zero-order valence-corrected chi connectivity index (χ0v) is 15.1. The topological polar surface area (TPSA) is 78.9 Å². The number of rotatable bonds is 6. The molecule has 6 nitrogen and oxygen atoms in total. The molecule has 0 aromatic heterocycles. The lowest BCUT2D eigenvalue weighted by Crippen LogP contribution is -2.53. The highest BCUT2D eigenvalue weighted by atomic mass is 16.5. The molecule has 0 bridgehead atoms. The predicted molar refractivity (Wildman–Crippen MR) is 91.4 cm³/mol. The maximum absolute atomic E-state index is 12.5. The molecule has 1 aliphatic heterocycles. The van der Waals surface area contributed by atoms with Crippen LogP contribution in [0, 0.1) is 5.92 Å². The number of hydrogen-bond donors (Lipinski definition) is 2. The van der Waals surface area contributed by atoms with Gasteiger partial charge < -0.3 is 20.1 Å². The molecule has 6 heteroatoms. The number of aliphatic hydroxyl groups is 1. The zero-order valence-electron chi connectivity index (χ0n) is 15.1. The van der Waals surface area contributed by atoms with Gasteiger partial charge in [-0.25, -0.2) is 0 Å². The Hall–Kier alpha value is -1.14. The van der Waals surface area contributed by atoms with Crippen LogP contribution in [0.15, 0.2) is 0 Å². The van der Waals surface area contributed by atoms with Crippen LogP contribution in [-0.4, -0.2) is 60.3 Å². The van der Waals surface area contributed by atoms with E-state index in [9.17, 15) is 14.7 Å². The van der Waals surface area contributed by atoms with Crippen molar-refractivity contribution in [2.24, 2.45) is 5.92 Å². The summed E-state index contributed by atoms with van der Waals surface area (Å²) >= 11 is 0. The van der Waals surface area contributed by atoms with Gasteiger partial charge in [-0.15, -0.1) is 0 Å². The summed E-state index contributed by atoms with van der Waals surface area (Å²) in [6, 6.07) is -0.505. The standard InChI is InChI=1S/C18H32N2O4/c1-14(19-16(21)12-15-6-4-3-5-7-15)17(22)20-10-8-18(23,9-11-20)13-24-2/h14-15,23H,3-13H2,1-2H3,(H,19,21)/t14-/m0/s1. The minimum absolute atomic E-state index is 0.0179. The monoisotopic (exact) mass is 340 g/mol. The van der Waals surface area contributed by atoms with Gasteiger partial charge in [0.15, 0.2) is 0 Å². The molecule has 0 spiro atoms. The van der Waals surface area contributed by atoms with Crippen LogP contribution in [0.2, 0.25) is 0 Å². The van der Waals surface area contributed by atoms with E-state index in [1.165, 1.54) is 19.3 Å². The van der Waals surface area contributed by atoms with Gasteiger partial charge in [0.2, 0.25) is 11.8 Å². The average Bonchev–Trinajstić information content (AvgIpc) is 2.55. The third kappa shape index (κ3) is 5.45. The molecule has 0 radical (unpaired) electrons. The quantitative estimate of drug-likeness (QED) is 0.767. The molecule has 2 rings (SSSR count). The Bertz CT molecular complexity index is 427. The Balaban J connectivity index is 1.74. The first-order chi connectivity index (χ1) is 11.4. The van der Waals surface area contributed by atoms with Crippen LogP contribution >= 0.6 is 0 Å². The van der Waals surface area contributed by atoms with Gasteiger partial charge in [-0.1, -0.05) is 19.3 Å². The van der Waals surface area contributed by atoms with Crippen molar-refractivity contribution in [3.63, 3.8) is 0 Å². The molecule has 2 N–H and O–H groups in total. The number of carbonyl (C=O) groups excluding carboxylic acids is 2. The lowest BCUT2D eigenvalue weighted by Gasteiger charge is -2.38. The minimum atomic E-state index is -0.834. The Labute approximate surface area is 144 Å². The molecule has 0 unspecified atom stereocenters. The van der Waals surface area contributed by atoms with E-state index in [4.69, 9.17) is 4.74 Å². The van der Waals surface area contributed by atoms with Crippen molar-refractivity contribution in [2.75, 3.05) is 26.8 Å². The third-order valence-electron chi connectivity index (χ3n) is 5.37. The third-order valence-corrected chi connectivity index (χ3v) is 5.37. The molecule has 1 aliphatic carbocycles. The molecule has 1 heterocycles. The fraction of sp³-hybridized carbons (Fsp3) is 0.889. The lowest BCUT2D eigenvalue weighted by atomic mass is 9.87. The predicted octanol–water partition coefficient (Wildman–Crippen LogP) is 1.46. The van der Waals surface area contributed by atoms with E-state index in [1.807, 2.05) is 0 Å². The summed E-state index contributed by atoms with van der Waals surface area (Å²) in [4.78, 5) is 26.4. The molecule has 1 saturated carbocycles. The summed E-state index contributed by atoms with van der Waals surface area (Å²) in [6.45, 7) is 3.04. The van der Waals surface area contributed by atoms with Crippen LogP contribution in [0.25, 0.3) is 0 Å². The van der Waals surface area contributed by atoms with Gasteiger partial charge in [-0.05, 0) is 38.5 Å². The highest BCUT2D eigenvalue weighted by molar-refractivity contribution is 5.87. The number of piperidine rings is 1. The van der Waals surface area contributed by atoms with E-state index in [1.54, 1.807) is 18.9 Å². The number of amides is 2. The first-order valence-corrected chi connectivity index (χ1v) is 9.23. The summed E-state index contributed by atoms with van der Waals surface area (Å²) in [7, 11) is 1.57. The highest BCUT2D eigenvalue weighted by Crippen LogP contribution is 2.26. The summed E-state index contributed by atoms with van der Waals surface area (Å²) in [5, 5.41) is 13.2. The van der Waals surface area contributed by atoms with Gasteiger partial charge in [0, 0.05) is 26.6 Å². The van der Waals surface area contributed by atoms with Crippen molar-refractivity contribution in [1.82, 2.24) is 10.2 Å². The van der Waals surface area contributed by atoms with Gasteiger partial charge in [0.1, 0.15) is 6.04 Å². The Morgan fingerprint density at radius 1 is 1.25 bits per heavy atom. The summed E-state index contributed by atoms with van der Waals surface area (Å²) in [5.41, 5.74) is -0.834. The van der Waals surface area contributed by atoms with Crippen molar-refractivity contribution in [3.8, 4) is 0 Å². The van der Waals surface area contributed by atoms with Crippen molar-refractivity contribution in [3.05, 3.63) is 0 Å². The molecule has 24 heavy (non-hydrogen) atoms. The smallest absolute Gasteiger partial charge is 0.244 e. The largest absolute Gasteiger partial charge is 0.387 e. The van der Waals surface area contributed by atoms with Crippen molar-refractivity contribution in [2.45, 2.75) is 69.9 Å². The number of hydrogen-bond acceptors (Lipinski definition) is 4. The Kier molecular flexibility index (Phi) is 7.04. The molecular weight excluding hydrogens is 308 g/mol. The molecule has 2 amide bonds. The highest BCUT2D eigenvalue weighted by Gasteiger charge is 2.35. The van der Waals surface area contributed by atoms with Crippen molar-refractivity contribution < 1.29 is 19.4 Å². The second kappa shape index (κ2) is 8.81. The number of nitrogens with one attached hydrogen (secondary N) is 1. The van der Waals surface area contributed by atoms with E-state index >= 15 is 0 Å². The number of carbonyl (C=O) groups is 2. The Morgan fingerprint density at radius 3 is 2.46 bits per heavy atom. The van der Waals surface area contributed by atoms with Crippen LogP contribution in [-0.2, 0) is 14.3 Å². The van der Waals surface area contributed by atoms with Gasteiger partial charge >= 0.3 is 0 Å². The van der Waals surface area contributed by atoms with E-state index < -0.39 is 11.6 Å². The van der Waals surface area contributed by atoms with Crippen LogP contribution in [0.4, 0.5) is 0 Å². The van der Waals surface area contributed by atoms with Crippen LogP contribution < -0.4 is 5.32 Å². The molecule has 0 aromatic rings. The van der Waals surface area contributed by atoms with Crippen LogP contribution in [0.1, 0.15) is 58.3 Å².